The van der Waals surface area contributed by atoms with Gasteiger partial charge in [-0.1, -0.05) is 24.3 Å². The van der Waals surface area contributed by atoms with Gasteiger partial charge in [-0.2, -0.15) is 0 Å². The first kappa shape index (κ1) is 19.9. The number of carbonyl (C=O) groups excluding carboxylic acids is 1. The molecule has 26 heavy (non-hydrogen) atoms. The number of halogens is 1. The van der Waals surface area contributed by atoms with Crippen LogP contribution in [-0.2, 0) is 9.59 Å². The number of ether oxygens (including phenoxy) is 1. The largest absolute Gasteiger partial charge is 0.477 e. The van der Waals surface area contributed by atoms with E-state index in [-0.39, 0.29) is 5.70 Å². The summed E-state index contributed by atoms with van der Waals surface area (Å²) < 4.78 is 6.75. The fourth-order valence-corrected chi connectivity index (χ4v) is 2.38. The molecule has 136 valence electrons. The highest BCUT2D eigenvalue weighted by Crippen LogP contribution is 2.26. The summed E-state index contributed by atoms with van der Waals surface area (Å²) in [5.74, 6) is -0.782. The number of carboxylic acid groups (broad SMARTS) is 1. The van der Waals surface area contributed by atoms with Gasteiger partial charge in [0.25, 0.3) is 5.91 Å². The average molecular weight is 467 g/mol. The molecule has 1 amide bonds. The third-order valence-electron chi connectivity index (χ3n) is 3.29. The molecule has 2 aromatic rings. The molecular formula is C19H18INO5. The van der Waals surface area contributed by atoms with Gasteiger partial charge in [0.15, 0.2) is 0 Å². The van der Waals surface area contributed by atoms with Gasteiger partial charge in [-0.3, -0.25) is 4.79 Å². The Kier molecular flexibility index (Phi) is 6.38. The van der Waals surface area contributed by atoms with Crippen LogP contribution >= 0.6 is 22.6 Å². The van der Waals surface area contributed by atoms with Crippen LogP contribution < -0.4 is 10.1 Å². The van der Waals surface area contributed by atoms with Gasteiger partial charge in [-0.25, -0.2) is 4.79 Å². The minimum Gasteiger partial charge on any atom is -0.477 e. The third-order valence-corrected chi connectivity index (χ3v) is 4.18. The molecule has 0 spiro atoms. The molecule has 0 saturated carbocycles. The molecule has 0 atom stereocenters. The van der Waals surface area contributed by atoms with Crippen molar-refractivity contribution in [2.45, 2.75) is 19.4 Å². The van der Waals surface area contributed by atoms with Crippen molar-refractivity contribution in [2.75, 3.05) is 0 Å². The van der Waals surface area contributed by atoms with Crippen LogP contribution in [-0.4, -0.2) is 27.7 Å². The maximum atomic E-state index is 11.8. The fraction of sp³-hybridized carbons (Fsp3) is 0.158. The summed E-state index contributed by atoms with van der Waals surface area (Å²) in [4.78, 5) is 23.1. The SMILES string of the molecule is CC(C)(O)C(=O)NC(=Cc1ccc(Oc2ccccc2I)cc1)C(=O)O. The lowest BCUT2D eigenvalue weighted by atomic mass is 10.1. The van der Waals surface area contributed by atoms with E-state index < -0.39 is 17.5 Å². The van der Waals surface area contributed by atoms with E-state index in [9.17, 15) is 19.8 Å². The second kappa shape index (κ2) is 8.33. The Balaban J connectivity index is 2.17. The Morgan fingerprint density at radius 1 is 1.12 bits per heavy atom. The predicted octanol–water partition coefficient (Wildman–Crippen LogP) is 3.40. The Hall–Kier alpha value is -2.39. The number of hydrogen-bond acceptors (Lipinski definition) is 4. The van der Waals surface area contributed by atoms with Gasteiger partial charge >= 0.3 is 5.97 Å². The Morgan fingerprint density at radius 2 is 1.73 bits per heavy atom. The summed E-state index contributed by atoms with van der Waals surface area (Å²) >= 11 is 2.17. The van der Waals surface area contributed by atoms with E-state index in [4.69, 9.17) is 4.74 Å². The number of hydrogen-bond donors (Lipinski definition) is 3. The molecule has 0 bridgehead atoms. The van der Waals surface area contributed by atoms with Crippen molar-refractivity contribution in [3.05, 3.63) is 63.4 Å². The van der Waals surface area contributed by atoms with E-state index in [1.807, 2.05) is 24.3 Å². The van der Waals surface area contributed by atoms with Crippen LogP contribution in [0.15, 0.2) is 54.2 Å². The van der Waals surface area contributed by atoms with Crippen LogP contribution in [0.25, 0.3) is 6.08 Å². The van der Waals surface area contributed by atoms with Crippen LogP contribution in [0.1, 0.15) is 19.4 Å². The molecule has 3 N–H and O–H groups in total. The predicted molar refractivity (Wildman–Crippen MR) is 106 cm³/mol. The Labute approximate surface area is 164 Å². The van der Waals surface area contributed by atoms with E-state index in [1.54, 1.807) is 24.3 Å². The van der Waals surface area contributed by atoms with Crippen LogP contribution in [0.4, 0.5) is 0 Å². The molecule has 0 saturated heterocycles. The summed E-state index contributed by atoms with van der Waals surface area (Å²) in [6, 6.07) is 14.3. The molecule has 0 aliphatic carbocycles. The van der Waals surface area contributed by atoms with Crippen LogP contribution in [0.5, 0.6) is 11.5 Å². The van der Waals surface area contributed by atoms with Crippen molar-refractivity contribution in [3.63, 3.8) is 0 Å². The standard InChI is InChI=1S/C19H18INO5/c1-19(2,25)18(24)21-15(17(22)23)11-12-7-9-13(10-8-12)26-16-6-4-3-5-14(16)20/h3-11,25H,1-2H3,(H,21,24)(H,22,23). The number of para-hydroxylation sites is 1. The van der Waals surface area contributed by atoms with Crippen molar-refractivity contribution in [3.8, 4) is 11.5 Å². The van der Waals surface area contributed by atoms with Gasteiger partial charge in [0.05, 0.1) is 3.57 Å². The topological polar surface area (TPSA) is 95.9 Å². The smallest absolute Gasteiger partial charge is 0.352 e. The van der Waals surface area contributed by atoms with Gasteiger partial charge in [-0.05, 0) is 72.3 Å². The summed E-state index contributed by atoms with van der Waals surface area (Å²) in [5, 5.41) is 21.1. The van der Waals surface area contributed by atoms with Crippen molar-refractivity contribution in [1.29, 1.82) is 0 Å². The Bertz CT molecular complexity index is 838. The number of aliphatic carboxylic acids is 1. The maximum absolute atomic E-state index is 11.8. The zero-order chi connectivity index (χ0) is 19.3. The molecule has 2 rings (SSSR count). The van der Waals surface area contributed by atoms with Gasteiger partial charge in [0.1, 0.15) is 22.8 Å². The molecule has 0 radical (unpaired) electrons. The van der Waals surface area contributed by atoms with E-state index in [2.05, 4.69) is 27.9 Å². The van der Waals surface area contributed by atoms with Gasteiger partial charge < -0.3 is 20.3 Å². The lowest BCUT2D eigenvalue weighted by Gasteiger charge is -2.16. The lowest BCUT2D eigenvalue weighted by Crippen LogP contribution is -2.42. The average Bonchev–Trinajstić information content (AvgIpc) is 2.57. The van der Waals surface area contributed by atoms with E-state index >= 15 is 0 Å². The molecule has 7 heteroatoms. The summed E-state index contributed by atoms with van der Waals surface area (Å²) in [7, 11) is 0. The molecular weight excluding hydrogens is 449 g/mol. The van der Waals surface area contributed by atoms with Crippen molar-refractivity contribution >= 4 is 40.5 Å². The second-order valence-electron chi connectivity index (χ2n) is 5.98. The molecule has 0 aromatic heterocycles. The number of carbonyl (C=O) groups is 2. The molecule has 0 aliphatic rings. The minimum atomic E-state index is -1.68. The summed E-state index contributed by atoms with van der Waals surface area (Å²) in [5.41, 5.74) is -1.45. The first-order valence-electron chi connectivity index (χ1n) is 7.68. The highest BCUT2D eigenvalue weighted by molar-refractivity contribution is 14.1. The number of carboxylic acids is 1. The number of rotatable bonds is 6. The van der Waals surface area contributed by atoms with Crippen LogP contribution in [0.2, 0.25) is 0 Å². The van der Waals surface area contributed by atoms with Crippen molar-refractivity contribution < 1.29 is 24.5 Å². The monoisotopic (exact) mass is 467 g/mol. The normalized spacial score (nSPS) is 11.8. The molecule has 0 fully saturated rings. The third kappa shape index (κ3) is 5.57. The molecule has 2 aromatic carbocycles. The zero-order valence-corrected chi connectivity index (χ0v) is 16.4. The number of amides is 1. The molecule has 6 nitrogen and oxygen atoms in total. The lowest BCUT2D eigenvalue weighted by molar-refractivity contribution is -0.139. The highest BCUT2D eigenvalue weighted by atomic mass is 127. The molecule has 0 heterocycles. The Morgan fingerprint density at radius 3 is 2.27 bits per heavy atom. The van der Waals surface area contributed by atoms with Gasteiger partial charge in [0.2, 0.25) is 0 Å². The number of nitrogens with one attached hydrogen (secondary N) is 1. The van der Waals surface area contributed by atoms with Crippen LogP contribution in [0, 0.1) is 3.57 Å². The molecule has 0 aliphatic heterocycles. The second-order valence-corrected chi connectivity index (χ2v) is 7.14. The summed E-state index contributed by atoms with van der Waals surface area (Å²) in [6.07, 6.45) is 1.31. The number of benzene rings is 2. The first-order chi connectivity index (χ1) is 12.2. The van der Waals surface area contributed by atoms with E-state index in [1.165, 1.54) is 19.9 Å². The number of aliphatic hydroxyl groups is 1. The van der Waals surface area contributed by atoms with E-state index in [0.717, 1.165) is 9.32 Å². The highest BCUT2D eigenvalue weighted by Gasteiger charge is 2.25. The fourth-order valence-electron chi connectivity index (χ4n) is 1.88. The molecule has 0 unspecified atom stereocenters. The van der Waals surface area contributed by atoms with Crippen molar-refractivity contribution in [1.82, 2.24) is 5.32 Å². The van der Waals surface area contributed by atoms with E-state index in [0.29, 0.717) is 11.3 Å². The first-order valence-corrected chi connectivity index (χ1v) is 8.76. The maximum Gasteiger partial charge on any atom is 0.352 e. The van der Waals surface area contributed by atoms with Crippen LogP contribution in [0.3, 0.4) is 0 Å². The van der Waals surface area contributed by atoms with Gasteiger partial charge in [0, 0.05) is 0 Å². The van der Waals surface area contributed by atoms with Gasteiger partial charge in [-0.15, -0.1) is 0 Å². The minimum absolute atomic E-state index is 0.330. The quantitative estimate of drug-likeness (QED) is 0.447. The zero-order valence-electron chi connectivity index (χ0n) is 14.2. The van der Waals surface area contributed by atoms with Crippen molar-refractivity contribution in [2.24, 2.45) is 0 Å². The summed E-state index contributed by atoms with van der Waals surface area (Å²) in [6.45, 7) is 2.55.